The normalized spacial score (nSPS) is 11.4. The summed E-state index contributed by atoms with van der Waals surface area (Å²) in [4.78, 5) is -0.0670. The molecule has 7 heteroatoms. The summed E-state index contributed by atoms with van der Waals surface area (Å²) >= 11 is 1.37. The highest BCUT2D eigenvalue weighted by atomic mass is 32.2. The molecule has 0 aliphatic heterocycles. The largest absolute Gasteiger partial charge is 0.396 e. The van der Waals surface area contributed by atoms with Crippen LogP contribution in [-0.4, -0.2) is 8.42 Å². The molecule has 0 aliphatic rings. The molecule has 2 rings (SSSR count). The Morgan fingerprint density at radius 3 is 2.65 bits per heavy atom. The second-order valence-corrected chi connectivity index (χ2v) is 5.76. The Kier molecular flexibility index (Phi) is 3.03. The van der Waals surface area contributed by atoms with Crippen LogP contribution in [0.3, 0.4) is 0 Å². The number of hydrogen-bond donors (Lipinski definition) is 2. The van der Waals surface area contributed by atoms with E-state index in [1.807, 2.05) is 0 Å². The number of rotatable bonds is 3. The van der Waals surface area contributed by atoms with Gasteiger partial charge in [0, 0.05) is 5.38 Å². The van der Waals surface area contributed by atoms with Crippen molar-refractivity contribution in [3.8, 4) is 0 Å². The summed E-state index contributed by atoms with van der Waals surface area (Å²) in [7, 11) is -3.71. The molecule has 0 atom stereocenters. The molecule has 90 valence electrons. The van der Waals surface area contributed by atoms with E-state index in [2.05, 4.69) is 4.72 Å². The molecule has 17 heavy (non-hydrogen) atoms. The first-order valence-electron chi connectivity index (χ1n) is 4.59. The third-order valence-corrected chi connectivity index (χ3v) is 4.11. The molecular formula is C10H9FN2O2S2. The molecule has 2 aromatic rings. The van der Waals surface area contributed by atoms with Gasteiger partial charge in [-0.15, -0.1) is 0 Å². The molecule has 0 saturated carbocycles. The topological polar surface area (TPSA) is 72.2 Å². The van der Waals surface area contributed by atoms with Crippen LogP contribution in [0.5, 0.6) is 0 Å². The molecule has 1 aromatic heterocycles. The van der Waals surface area contributed by atoms with Crippen LogP contribution in [0.15, 0.2) is 39.9 Å². The first-order chi connectivity index (χ1) is 7.99. The number of nitrogen functional groups attached to an aromatic ring is 1. The summed E-state index contributed by atoms with van der Waals surface area (Å²) < 4.78 is 39.0. The van der Waals surface area contributed by atoms with Crippen LogP contribution in [0.4, 0.5) is 15.8 Å². The van der Waals surface area contributed by atoms with Crippen molar-refractivity contribution in [3.05, 3.63) is 40.8 Å². The third kappa shape index (κ3) is 2.56. The van der Waals surface area contributed by atoms with Crippen molar-refractivity contribution in [1.29, 1.82) is 0 Å². The molecule has 0 radical (unpaired) electrons. The maximum absolute atomic E-state index is 12.9. The van der Waals surface area contributed by atoms with E-state index in [9.17, 15) is 12.8 Å². The Labute approximate surface area is 102 Å². The lowest BCUT2D eigenvalue weighted by atomic mass is 10.3. The molecule has 0 amide bonds. The number of benzene rings is 1. The minimum absolute atomic E-state index is 0.0670. The maximum atomic E-state index is 12.9. The van der Waals surface area contributed by atoms with E-state index >= 15 is 0 Å². The van der Waals surface area contributed by atoms with Gasteiger partial charge in [-0.2, -0.15) is 11.3 Å². The van der Waals surface area contributed by atoms with Crippen LogP contribution >= 0.6 is 11.3 Å². The lowest BCUT2D eigenvalue weighted by Crippen LogP contribution is -2.12. The Balaban J connectivity index is 2.35. The fraction of sp³-hybridized carbons (Fsp3) is 0. The van der Waals surface area contributed by atoms with E-state index in [4.69, 9.17) is 5.73 Å². The van der Waals surface area contributed by atoms with E-state index in [0.717, 1.165) is 12.1 Å². The highest BCUT2D eigenvalue weighted by Gasteiger charge is 2.15. The minimum Gasteiger partial charge on any atom is -0.396 e. The van der Waals surface area contributed by atoms with Crippen LogP contribution in [-0.2, 0) is 10.0 Å². The summed E-state index contributed by atoms with van der Waals surface area (Å²) in [6, 6.07) is 4.91. The van der Waals surface area contributed by atoms with E-state index in [1.165, 1.54) is 17.4 Å². The average molecular weight is 272 g/mol. The van der Waals surface area contributed by atoms with Crippen LogP contribution in [0.2, 0.25) is 0 Å². The van der Waals surface area contributed by atoms with Crippen molar-refractivity contribution in [2.75, 3.05) is 10.5 Å². The van der Waals surface area contributed by atoms with Crippen molar-refractivity contribution in [2.24, 2.45) is 0 Å². The van der Waals surface area contributed by atoms with Crippen molar-refractivity contribution in [3.63, 3.8) is 0 Å². The van der Waals surface area contributed by atoms with Gasteiger partial charge in [0.15, 0.2) is 0 Å². The Bertz CT molecular complexity index is 624. The van der Waals surface area contributed by atoms with Gasteiger partial charge in [-0.25, -0.2) is 12.8 Å². The lowest BCUT2D eigenvalue weighted by molar-refractivity contribution is 0.600. The number of nitrogens with two attached hydrogens (primary N) is 1. The highest BCUT2D eigenvalue weighted by Crippen LogP contribution is 2.21. The van der Waals surface area contributed by atoms with Crippen molar-refractivity contribution in [2.45, 2.75) is 4.90 Å². The third-order valence-electron chi connectivity index (χ3n) is 2.05. The lowest BCUT2D eigenvalue weighted by Gasteiger charge is -2.07. The highest BCUT2D eigenvalue weighted by molar-refractivity contribution is 7.92. The maximum Gasteiger partial charge on any atom is 0.261 e. The summed E-state index contributed by atoms with van der Waals surface area (Å²) in [5.74, 6) is -0.639. The molecule has 0 spiro atoms. The van der Waals surface area contributed by atoms with E-state index in [0.29, 0.717) is 5.69 Å². The van der Waals surface area contributed by atoms with Crippen LogP contribution in [0.25, 0.3) is 0 Å². The number of hydrogen-bond acceptors (Lipinski definition) is 4. The zero-order chi connectivity index (χ0) is 12.5. The zero-order valence-electron chi connectivity index (χ0n) is 8.55. The molecule has 0 saturated heterocycles. The van der Waals surface area contributed by atoms with Gasteiger partial charge >= 0.3 is 0 Å². The zero-order valence-corrected chi connectivity index (χ0v) is 10.2. The molecule has 0 unspecified atom stereocenters. The summed E-state index contributed by atoms with van der Waals surface area (Å²) in [6.45, 7) is 0. The average Bonchev–Trinajstić information content (AvgIpc) is 2.73. The number of thiophene rings is 1. The number of sulfonamides is 1. The standard InChI is InChI=1S/C10H9FN2O2S2/c11-9-2-1-8(5-10(9)12)17(14,15)13-7-3-4-16-6-7/h1-6,13H,12H2. The summed E-state index contributed by atoms with van der Waals surface area (Å²) in [5, 5.41) is 3.40. The second-order valence-electron chi connectivity index (χ2n) is 3.30. The molecule has 1 aromatic carbocycles. The first kappa shape index (κ1) is 11.9. The summed E-state index contributed by atoms with van der Waals surface area (Å²) in [6.07, 6.45) is 0. The van der Waals surface area contributed by atoms with E-state index in [1.54, 1.807) is 16.8 Å². The smallest absolute Gasteiger partial charge is 0.261 e. The predicted molar refractivity (Wildman–Crippen MR) is 65.9 cm³/mol. The van der Waals surface area contributed by atoms with Gasteiger partial charge in [0.1, 0.15) is 5.82 Å². The predicted octanol–water partition coefficient (Wildman–Crippen LogP) is 2.27. The summed E-state index contributed by atoms with van der Waals surface area (Å²) in [5.41, 5.74) is 5.60. The van der Waals surface area contributed by atoms with Crippen molar-refractivity contribution in [1.82, 2.24) is 0 Å². The number of nitrogens with one attached hydrogen (secondary N) is 1. The fourth-order valence-corrected chi connectivity index (χ4v) is 2.97. The van der Waals surface area contributed by atoms with Crippen LogP contribution < -0.4 is 10.5 Å². The van der Waals surface area contributed by atoms with Gasteiger partial charge in [0.2, 0.25) is 0 Å². The van der Waals surface area contributed by atoms with Crippen LogP contribution in [0.1, 0.15) is 0 Å². The van der Waals surface area contributed by atoms with E-state index in [-0.39, 0.29) is 10.6 Å². The number of anilines is 2. The fourth-order valence-electron chi connectivity index (χ4n) is 1.23. The second kappa shape index (κ2) is 4.34. The Morgan fingerprint density at radius 1 is 1.29 bits per heavy atom. The molecule has 0 bridgehead atoms. The molecule has 3 N–H and O–H groups in total. The number of halogens is 1. The first-order valence-corrected chi connectivity index (χ1v) is 7.02. The van der Waals surface area contributed by atoms with Gasteiger partial charge in [0.25, 0.3) is 10.0 Å². The van der Waals surface area contributed by atoms with Crippen LogP contribution in [0, 0.1) is 5.82 Å². The molecule has 0 aliphatic carbocycles. The van der Waals surface area contributed by atoms with Gasteiger partial charge in [0.05, 0.1) is 16.3 Å². The quantitative estimate of drug-likeness (QED) is 0.842. The SMILES string of the molecule is Nc1cc(S(=O)(=O)Nc2ccsc2)ccc1F. The molecule has 4 nitrogen and oxygen atoms in total. The molecule has 0 fully saturated rings. The van der Waals surface area contributed by atoms with Gasteiger partial charge in [-0.3, -0.25) is 4.72 Å². The minimum atomic E-state index is -3.71. The van der Waals surface area contributed by atoms with Crippen molar-refractivity contribution < 1.29 is 12.8 Å². The molecule has 1 heterocycles. The molecular weight excluding hydrogens is 263 g/mol. The monoisotopic (exact) mass is 272 g/mol. The van der Waals surface area contributed by atoms with Gasteiger partial charge in [-0.05, 0) is 29.6 Å². The Morgan fingerprint density at radius 2 is 2.06 bits per heavy atom. The van der Waals surface area contributed by atoms with E-state index < -0.39 is 15.8 Å². The van der Waals surface area contributed by atoms with Crippen molar-refractivity contribution >= 4 is 32.7 Å². The van der Waals surface area contributed by atoms with Gasteiger partial charge < -0.3 is 5.73 Å². The van der Waals surface area contributed by atoms with Gasteiger partial charge in [-0.1, -0.05) is 0 Å². The Hall–Kier alpha value is -1.60.